The van der Waals surface area contributed by atoms with E-state index in [0.717, 1.165) is 27.5 Å². The molecule has 0 aliphatic carbocycles. The maximum atomic E-state index is 5.81. The van der Waals surface area contributed by atoms with Gasteiger partial charge in [-0.2, -0.15) is 0 Å². The SMILES string of the molecule is Brc1cc(Oc2ccccc2)ccc1Oc1ccccc1. The molecule has 0 radical (unpaired) electrons. The van der Waals surface area contributed by atoms with Crippen LogP contribution in [0.3, 0.4) is 0 Å². The molecule has 0 saturated heterocycles. The highest BCUT2D eigenvalue weighted by molar-refractivity contribution is 9.10. The summed E-state index contributed by atoms with van der Waals surface area (Å²) in [5.41, 5.74) is 0. The predicted molar refractivity (Wildman–Crippen MR) is 87.2 cm³/mol. The maximum absolute atomic E-state index is 5.81. The van der Waals surface area contributed by atoms with Crippen molar-refractivity contribution in [2.45, 2.75) is 0 Å². The summed E-state index contributed by atoms with van der Waals surface area (Å²) in [6.45, 7) is 0. The van der Waals surface area contributed by atoms with Crippen molar-refractivity contribution in [1.29, 1.82) is 0 Å². The van der Waals surface area contributed by atoms with Crippen LogP contribution in [0.25, 0.3) is 0 Å². The first-order valence-corrected chi connectivity index (χ1v) is 7.36. The van der Waals surface area contributed by atoms with Crippen molar-refractivity contribution in [2.24, 2.45) is 0 Å². The number of rotatable bonds is 4. The summed E-state index contributed by atoms with van der Waals surface area (Å²) in [7, 11) is 0. The van der Waals surface area contributed by atoms with Crippen LogP contribution in [0, 0.1) is 0 Å². The van der Waals surface area contributed by atoms with E-state index in [1.807, 2.05) is 78.9 Å². The molecule has 0 aliphatic rings. The molecule has 0 saturated carbocycles. The van der Waals surface area contributed by atoms with Gasteiger partial charge in [-0.15, -0.1) is 0 Å². The quantitative estimate of drug-likeness (QED) is 0.576. The third-order valence-corrected chi connectivity index (χ3v) is 3.47. The Bertz CT molecular complexity index is 712. The molecular weight excluding hydrogens is 328 g/mol. The van der Waals surface area contributed by atoms with E-state index in [1.165, 1.54) is 0 Å². The van der Waals surface area contributed by atoms with E-state index in [1.54, 1.807) is 0 Å². The highest BCUT2D eigenvalue weighted by Crippen LogP contribution is 2.34. The molecule has 104 valence electrons. The molecule has 3 heteroatoms. The van der Waals surface area contributed by atoms with Gasteiger partial charge in [-0.05, 0) is 58.4 Å². The smallest absolute Gasteiger partial charge is 0.141 e. The van der Waals surface area contributed by atoms with E-state index in [-0.39, 0.29) is 0 Å². The summed E-state index contributed by atoms with van der Waals surface area (Å²) < 4.78 is 12.4. The average molecular weight is 341 g/mol. The Labute approximate surface area is 132 Å². The van der Waals surface area contributed by atoms with E-state index in [4.69, 9.17) is 9.47 Å². The van der Waals surface area contributed by atoms with Crippen molar-refractivity contribution in [2.75, 3.05) is 0 Å². The minimum Gasteiger partial charge on any atom is -0.457 e. The minimum absolute atomic E-state index is 0.751. The third-order valence-electron chi connectivity index (χ3n) is 2.85. The van der Waals surface area contributed by atoms with Crippen molar-refractivity contribution in [1.82, 2.24) is 0 Å². The monoisotopic (exact) mass is 340 g/mol. The van der Waals surface area contributed by atoms with Gasteiger partial charge in [0.05, 0.1) is 4.47 Å². The summed E-state index contributed by atoms with van der Waals surface area (Å²) in [6, 6.07) is 25.0. The first-order valence-electron chi connectivity index (χ1n) is 6.56. The Morgan fingerprint density at radius 2 is 1.14 bits per heavy atom. The van der Waals surface area contributed by atoms with Crippen LogP contribution in [-0.4, -0.2) is 0 Å². The van der Waals surface area contributed by atoms with Gasteiger partial charge in [0.1, 0.15) is 23.0 Å². The fraction of sp³-hybridized carbons (Fsp3) is 0. The Morgan fingerprint density at radius 1 is 0.571 bits per heavy atom. The number of hydrogen-bond donors (Lipinski definition) is 0. The van der Waals surface area contributed by atoms with Gasteiger partial charge in [0.15, 0.2) is 0 Å². The van der Waals surface area contributed by atoms with Crippen LogP contribution in [0.1, 0.15) is 0 Å². The van der Waals surface area contributed by atoms with Gasteiger partial charge >= 0.3 is 0 Å². The first kappa shape index (κ1) is 13.7. The topological polar surface area (TPSA) is 18.5 Å². The summed E-state index contributed by atoms with van der Waals surface area (Å²) >= 11 is 3.51. The first-order chi connectivity index (χ1) is 10.3. The number of para-hydroxylation sites is 2. The molecule has 0 N–H and O–H groups in total. The van der Waals surface area contributed by atoms with Crippen LogP contribution >= 0.6 is 15.9 Å². The normalized spacial score (nSPS) is 10.1. The fourth-order valence-corrected chi connectivity index (χ4v) is 2.31. The maximum Gasteiger partial charge on any atom is 0.141 e. The Balaban J connectivity index is 1.77. The van der Waals surface area contributed by atoms with E-state index in [9.17, 15) is 0 Å². The largest absolute Gasteiger partial charge is 0.457 e. The molecule has 3 aromatic carbocycles. The van der Waals surface area contributed by atoms with Gasteiger partial charge in [0.25, 0.3) is 0 Å². The molecule has 0 aliphatic heterocycles. The molecule has 3 aromatic rings. The average Bonchev–Trinajstić information content (AvgIpc) is 2.52. The molecule has 21 heavy (non-hydrogen) atoms. The lowest BCUT2D eigenvalue weighted by Crippen LogP contribution is -1.87. The van der Waals surface area contributed by atoms with Crippen molar-refractivity contribution in [3.8, 4) is 23.0 Å². The van der Waals surface area contributed by atoms with Crippen molar-refractivity contribution in [3.63, 3.8) is 0 Å². The summed E-state index contributed by atoms with van der Waals surface area (Å²) in [5.74, 6) is 3.12. The van der Waals surface area contributed by atoms with Crippen LogP contribution in [0.2, 0.25) is 0 Å². The number of benzene rings is 3. The zero-order valence-corrected chi connectivity index (χ0v) is 12.8. The Hall–Kier alpha value is -2.26. The molecule has 2 nitrogen and oxygen atoms in total. The van der Waals surface area contributed by atoms with Crippen LogP contribution in [0.5, 0.6) is 23.0 Å². The van der Waals surface area contributed by atoms with Crippen LogP contribution in [0.15, 0.2) is 83.3 Å². The Morgan fingerprint density at radius 3 is 1.71 bits per heavy atom. The predicted octanol–water partition coefficient (Wildman–Crippen LogP) is 6.03. The van der Waals surface area contributed by atoms with Crippen LogP contribution < -0.4 is 9.47 Å². The highest BCUT2D eigenvalue weighted by Gasteiger charge is 2.05. The van der Waals surface area contributed by atoms with Crippen molar-refractivity contribution >= 4 is 15.9 Å². The molecule has 0 bridgehead atoms. The van der Waals surface area contributed by atoms with Gasteiger partial charge in [-0.1, -0.05) is 36.4 Å². The third kappa shape index (κ3) is 3.64. The zero-order valence-electron chi connectivity index (χ0n) is 11.2. The van der Waals surface area contributed by atoms with Crippen molar-refractivity contribution in [3.05, 3.63) is 83.3 Å². The van der Waals surface area contributed by atoms with E-state index in [0.29, 0.717) is 0 Å². The second-order valence-corrected chi connectivity index (χ2v) is 5.28. The van der Waals surface area contributed by atoms with Crippen LogP contribution in [0.4, 0.5) is 0 Å². The lowest BCUT2D eigenvalue weighted by molar-refractivity contribution is 0.467. The lowest BCUT2D eigenvalue weighted by atomic mass is 10.3. The molecule has 0 atom stereocenters. The number of hydrogen-bond acceptors (Lipinski definition) is 2. The summed E-state index contributed by atoms with van der Waals surface area (Å²) in [4.78, 5) is 0. The van der Waals surface area contributed by atoms with E-state index < -0.39 is 0 Å². The van der Waals surface area contributed by atoms with Gasteiger partial charge in [0.2, 0.25) is 0 Å². The van der Waals surface area contributed by atoms with E-state index >= 15 is 0 Å². The van der Waals surface area contributed by atoms with Crippen molar-refractivity contribution < 1.29 is 9.47 Å². The van der Waals surface area contributed by atoms with Gasteiger partial charge < -0.3 is 9.47 Å². The second kappa shape index (κ2) is 6.46. The van der Waals surface area contributed by atoms with Gasteiger partial charge in [-0.3, -0.25) is 0 Å². The molecule has 3 rings (SSSR count). The van der Waals surface area contributed by atoms with Crippen LogP contribution in [-0.2, 0) is 0 Å². The molecule has 0 spiro atoms. The van der Waals surface area contributed by atoms with E-state index in [2.05, 4.69) is 15.9 Å². The van der Waals surface area contributed by atoms with Gasteiger partial charge in [-0.25, -0.2) is 0 Å². The molecule has 0 unspecified atom stereocenters. The lowest BCUT2D eigenvalue weighted by Gasteiger charge is -2.10. The number of halogens is 1. The molecule has 0 aromatic heterocycles. The summed E-state index contributed by atoms with van der Waals surface area (Å²) in [5, 5.41) is 0. The Kier molecular flexibility index (Phi) is 4.22. The summed E-state index contributed by atoms with van der Waals surface area (Å²) in [6.07, 6.45) is 0. The van der Waals surface area contributed by atoms with Gasteiger partial charge in [0, 0.05) is 0 Å². The highest BCUT2D eigenvalue weighted by atomic mass is 79.9. The zero-order chi connectivity index (χ0) is 14.5. The molecule has 0 amide bonds. The standard InChI is InChI=1S/C18H13BrO2/c19-17-13-16(20-14-7-3-1-4-8-14)11-12-18(17)21-15-9-5-2-6-10-15/h1-13H. The molecular formula is C18H13BrO2. The minimum atomic E-state index is 0.751. The second-order valence-electron chi connectivity index (χ2n) is 4.42. The molecule has 0 fully saturated rings. The fourth-order valence-electron chi connectivity index (χ4n) is 1.87. The number of ether oxygens (including phenoxy) is 2. The molecule has 0 heterocycles.